The van der Waals surface area contributed by atoms with Crippen LogP contribution in [0.15, 0.2) is 6.07 Å². The number of carbonyl (C=O) groups is 1. The molecule has 86 valence electrons. The zero-order valence-electron chi connectivity index (χ0n) is 9.40. The van der Waals surface area contributed by atoms with Crippen molar-refractivity contribution >= 4 is 11.8 Å². The number of carboxylic acids is 1. The van der Waals surface area contributed by atoms with Crippen LogP contribution in [0.25, 0.3) is 0 Å². The molecule has 1 fully saturated rings. The highest BCUT2D eigenvalue weighted by Crippen LogP contribution is 2.38. The second kappa shape index (κ2) is 4.08. The largest absolute Gasteiger partial charge is 0.480 e. The summed E-state index contributed by atoms with van der Waals surface area (Å²) in [6.45, 7) is 3.49. The molecule has 1 aliphatic rings. The molecule has 1 aliphatic carbocycles. The lowest BCUT2D eigenvalue weighted by atomic mass is 10.3. The van der Waals surface area contributed by atoms with Gasteiger partial charge in [0, 0.05) is 17.7 Å². The maximum atomic E-state index is 10.7. The first kappa shape index (κ1) is 10.9. The van der Waals surface area contributed by atoms with Crippen molar-refractivity contribution in [2.24, 2.45) is 0 Å². The van der Waals surface area contributed by atoms with Crippen LogP contribution in [-0.4, -0.2) is 27.1 Å². The zero-order chi connectivity index (χ0) is 11.7. The van der Waals surface area contributed by atoms with Crippen LogP contribution in [0.3, 0.4) is 0 Å². The highest BCUT2D eigenvalue weighted by molar-refractivity contribution is 5.76. The van der Waals surface area contributed by atoms with Gasteiger partial charge in [0.05, 0.1) is 0 Å². The van der Waals surface area contributed by atoms with E-state index in [9.17, 15) is 4.79 Å². The van der Waals surface area contributed by atoms with Gasteiger partial charge in [-0.25, -0.2) is 9.97 Å². The minimum atomic E-state index is -0.885. The number of rotatable bonds is 4. The van der Waals surface area contributed by atoms with E-state index in [1.807, 2.05) is 6.92 Å². The summed E-state index contributed by atoms with van der Waals surface area (Å²) >= 11 is 0. The van der Waals surface area contributed by atoms with Crippen LogP contribution in [0.1, 0.15) is 37.2 Å². The molecule has 1 saturated carbocycles. The molecule has 0 saturated heterocycles. The van der Waals surface area contributed by atoms with Crippen molar-refractivity contribution in [2.75, 3.05) is 5.32 Å². The van der Waals surface area contributed by atoms with Crippen LogP contribution in [0.2, 0.25) is 0 Å². The van der Waals surface area contributed by atoms with Gasteiger partial charge in [-0.15, -0.1) is 0 Å². The fraction of sp³-hybridized carbons (Fsp3) is 0.545. The Labute approximate surface area is 93.9 Å². The van der Waals surface area contributed by atoms with E-state index < -0.39 is 12.0 Å². The van der Waals surface area contributed by atoms with Crippen molar-refractivity contribution in [1.82, 2.24) is 9.97 Å². The van der Waals surface area contributed by atoms with Gasteiger partial charge in [0.15, 0.2) is 0 Å². The lowest BCUT2D eigenvalue weighted by Gasteiger charge is -2.11. The van der Waals surface area contributed by atoms with Gasteiger partial charge in [-0.3, -0.25) is 4.79 Å². The maximum absolute atomic E-state index is 10.7. The number of aliphatic carboxylic acids is 1. The van der Waals surface area contributed by atoms with Crippen LogP contribution in [-0.2, 0) is 4.79 Å². The number of aromatic nitrogens is 2. The molecular weight excluding hydrogens is 206 g/mol. The molecule has 1 aromatic heterocycles. The Morgan fingerprint density at radius 3 is 2.81 bits per heavy atom. The summed E-state index contributed by atoms with van der Waals surface area (Å²) in [7, 11) is 0. The van der Waals surface area contributed by atoms with Crippen LogP contribution < -0.4 is 5.32 Å². The minimum absolute atomic E-state index is 0.473. The van der Waals surface area contributed by atoms with Crippen molar-refractivity contribution in [3.8, 4) is 0 Å². The van der Waals surface area contributed by atoms with Crippen LogP contribution in [0.5, 0.6) is 0 Å². The summed E-state index contributed by atoms with van der Waals surface area (Å²) in [6.07, 6.45) is 2.27. The summed E-state index contributed by atoms with van der Waals surface area (Å²) in [4.78, 5) is 19.4. The minimum Gasteiger partial charge on any atom is -0.480 e. The number of nitrogens with one attached hydrogen (secondary N) is 1. The van der Waals surface area contributed by atoms with Crippen LogP contribution >= 0.6 is 0 Å². The first-order valence-electron chi connectivity index (χ1n) is 5.41. The topological polar surface area (TPSA) is 75.1 Å². The predicted molar refractivity (Wildman–Crippen MR) is 59.5 cm³/mol. The SMILES string of the molecule is Cc1cc(N[C@H](C)C(=O)O)nc(C2CC2)n1. The zero-order valence-corrected chi connectivity index (χ0v) is 9.40. The van der Waals surface area contributed by atoms with Gasteiger partial charge in [0.2, 0.25) is 0 Å². The molecule has 1 heterocycles. The van der Waals surface area contributed by atoms with Gasteiger partial charge in [-0.1, -0.05) is 0 Å². The summed E-state index contributed by atoms with van der Waals surface area (Å²) in [6, 6.07) is 1.13. The van der Waals surface area contributed by atoms with Gasteiger partial charge in [-0.05, 0) is 26.7 Å². The summed E-state index contributed by atoms with van der Waals surface area (Å²) in [5.41, 5.74) is 0.872. The van der Waals surface area contributed by atoms with Crippen LogP contribution in [0, 0.1) is 6.92 Å². The van der Waals surface area contributed by atoms with E-state index in [1.165, 1.54) is 0 Å². The molecule has 0 amide bonds. The highest BCUT2D eigenvalue weighted by atomic mass is 16.4. The van der Waals surface area contributed by atoms with Crippen molar-refractivity contribution in [2.45, 2.75) is 38.6 Å². The van der Waals surface area contributed by atoms with Crippen molar-refractivity contribution in [3.05, 3.63) is 17.6 Å². The third-order valence-corrected chi connectivity index (χ3v) is 2.55. The number of anilines is 1. The average Bonchev–Trinajstić information content (AvgIpc) is 2.99. The number of hydrogen-bond acceptors (Lipinski definition) is 4. The Hall–Kier alpha value is -1.65. The summed E-state index contributed by atoms with van der Waals surface area (Å²) < 4.78 is 0. The number of carboxylic acid groups (broad SMARTS) is 1. The van der Waals surface area contributed by atoms with E-state index in [4.69, 9.17) is 5.11 Å². The van der Waals surface area contributed by atoms with Crippen molar-refractivity contribution in [3.63, 3.8) is 0 Å². The first-order valence-corrected chi connectivity index (χ1v) is 5.41. The Balaban J connectivity index is 2.16. The maximum Gasteiger partial charge on any atom is 0.325 e. The molecule has 0 spiro atoms. The predicted octanol–water partition coefficient (Wildman–Crippen LogP) is 1.55. The lowest BCUT2D eigenvalue weighted by molar-refractivity contribution is -0.137. The van der Waals surface area contributed by atoms with E-state index in [1.54, 1.807) is 13.0 Å². The molecule has 5 heteroatoms. The van der Waals surface area contributed by atoms with E-state index >= 15 is 0 Å². The summed E-state index contributed by atoms with van der Waals surface area (Å²) in [5.74, 6) is 1.02. The molecule has 2 N–H and O–H groups in total. The molecule has 0 radical (unpaired) electrons. The molecule has 0 bridgehead atoms. The van der Waals surface area contributed by atoms with Crippen molar-refractivity contribution in [1.29, 1.82) is 0 Å². The van der Waals surface area contributed by atoms with E-state index in [2.05, 4.69) is 15.3 Å². The number of aryl methyl sites for hydroxylation is 1. The Morgan fingerprint density at radius 2 is 2.25 bits per heavy atom. The molecule has 16 heavy (non-hydrogen) atoms. The van der Waals surface area contributed by atoms with Gasteiger partial charge < -0.3 is 10.4 Å². The molecule has 0 unspecified atom stereocenters. The fourth-order valence-electron chi connectivity index (χ4n) is 1.47. The molecule has 0 aromatic carbocycles. The summed E-state index contributed by atoms with van der Waals surface area (Å²) in [5, 5.41) is 11.7. The van der Waals surface area contributed by atoms with Gasteiger partial charge >= 0.3 is 5.97 Å². The number of nitrogens with zero attached hydrogens (tertiary/aromatic N) is 2. The Morgan fingerprint density at radius 1 is 1.56 bits per heavy atom. The average molecular weight is 221 g/mol. The molecule has 1 atom stereocenters. The molecule has 1 aromatic rings. The monoisotopic (exact) mass is 221 g/mol. The molecule has 0 aliphatic heterocycles. The van der Waals surface area contributed by atoms with Gasteiger partial charge in [0.1, 0.15) is 17.7 Å². The molecule has 5 nitrogen and oxygen atoms in total. The quantitative estimate of drug-likeness (QED) is 0.806. The molecule has 2 rings (SSSR count). The Kier molecular flexibility index (Phi) is 2.77. The van der Waals surface area contributed by atoms with Crippen LogP contribution in [0.4, 0.5) is 5.82 Å². The third kappa shape index (κ3) is 2.48. The standard InChI is InChI=1S/C11H15N3O2/c1-6-5-9(13-7(2)11(15)16)14-10(12-6)8-3-4-8/h5,7-8H,3-4H2,1-2H3,(H,15,16)(H,12,13,14)/t7-/m1/s1. The van der Waals surface area contributed by atoms with Gasteiger partial charge in [-0.2, -0.15) is 0 Å². The normalized spacial score (nSPS) is 16.9. The highest BCUT2D eigenvalue weighted by Gasteiger charge is 2.27. The number of hydrogen-bond donors (Lipinski definition) is 2. The second-order valence-electron chi connectivity index (χ2n) is 4.23. The van der Waals surface area contributed by atoms with E-state index in [0.29, 0.717) is 11.7 Å². The smallest absolute Gasteiger partial charge is 0.325 e. The second-order valence-corrected chi connectivity index (χ2v) is 4.23. The first-order chi connectivity index (χ1) is 7.56. The fourth-order valence-corrected chi connectivity index (χ4v) is 1.47. The van der Waals surface area contributed by atoms with E-state index in [-0.39, 0.29) is 0 Å². The van der Waals surface area contributed by atoms with Crippen molar-refractivity contribution < 1.29 is 9.90 Å². The lowest BCUT2D eigenvalue weighted by Crippen LogP contribution is -2.26. The van der Waals surface area contributed by atoms with Gasteiger partial charge in [0.25, 0.3) is 0 Å². The Bertz CT molecular complexity index is 416. The third-order valence-electron chi connectivity index (χ3n) is 2.55. The molecular formula is C11H15N3O2. The van der Waals surface area contributed by atoms with E-state index in [0.717, 1.165) is 24.4 Å².